The van der Waals surface area contributed by atoms with E-state index in [4.69, 9.17) is 4.98 Å². The average Bonchev–Trinajstić information content (AvgIpc) is 2.59. The summed E-state index contributed by atoms with van der Waals surface area (Å²) in [6.45, 7) is 5.60. The van der Waals surface area contributed by atoms with Gasteiger partial charge in [0, 0.05) is 17.3 Å². The summed E-state index contributed by atoms with van der Waals surface area (Å²) in [4.78, 5) is 4.84. The van der Waals surface area contributed by atoms with Gasteiger partial charge in [-0.25, -0.2) is 4.98 Å². The van der Waals surface area contributed by atoms with Crippen molar-refractivity contribution in [1.82, 2.24) is 10.3 Å². The second kappa shape index (κ2) is 4.84. The molecule has 1 aliphatic carbocycles. The topological polar surface area (TPSA) is 24.9 Å². The van der Waals surface area contributed by atoms with Crippen molar-refractivity contribution < 1.29 is 0 Å². The third kappa shape index (κ3) is 2.30. The van der Waals surface area contributed by atoms with Gasteiger partial charge in [-0.15, -0.1) is 11.3 Å². The minimum atomic E-state index is 0.370. The second-order valence-corrected chi connectivity index (χ2v) is 6.26. The summed E-state index contributed by atoms with van der Waals surface area (Å²) in [5.41, 5.74) is 1.66. The van der Waals surface area contributed by atoms with Gasteiger partial charge in [-0.2, -0.15) is 0 Å². The van der Waals surface area contributed by atoms with E-state index >= 15 is 0 Å². The zero-order chi connectivity index (χ0) is 11.6. The molecule has 0 unspecified atom stereocenters. The van der Waals surface area contributed by atoms with Crippen LogP contribution in [0.2, 0.25) is 0 Å². The van der Waals surface area contributed by atoms with E-state index in [0.29, 0.717) is 11.3 Å². The van der Waals surface area contributed by atoms with Crippen molar-refractivity contribution in [3.05, 3.63) is 16.1 Å². The Kier molecular flexibility index (Phi) is 3.65. The molecule has 0 radical (unpaired) electrons. The van der Waals surface area contributed by atoms with Gasteiger partial charge in [-0.3, -0.25) is 0 Å². The van der Waals surface area contributed by atoms with Crippen molar-refractivity contribution in [3.63, 3.8) is 0 Å². The molecule has 1 fully saturated rings. The zero-order valence-electron chi connectivity index (χ0n) is 10.5. The molecule has 3 heteroatoms. The molecule has 0 saturated heterocycles. The highest BCUT2D eigenvalue weighted by Crippen LogP contribution is 2.44. The maximum Gasteiger partial charge on any atom is 0.100 e. The van der Waals surface area contributed by atoms with E-state index in [1.807, 2.05) is 18.4 Å². The Labute approximate surface area is 102 Å². The molecule has 0 aromatic carbocycles. The van der Waals surface area contributed by atoms with E-state index in [1.165, 1.54) is 30.0 Å². The lowest BCUT2D eigenvalue weighted by Gasteiger charge is -2.40. The second-order valence-electron chi connectivity index (χ2n) is 5.41. The van der Waals surface area contributed by atoms with Gasteiger partial charge in [0.1, 0.15) is 5.01 Å². The van der Waals surface area contributed by atoms with Crippen LogP contribution in [-0.4, -0.2) is 18.6 Å². The average molecular weight is 238 g/mol. The van der Waals surface area contributed by atoms with E-state index in [-0.39, 0.29) is 0 Å². The predicted octanol–water partition coefficient (Wildman–Crippen LogP) is 2.98. The van der Waals surface area contributed by atoms with Crippen molar-refractivity contribution in [3.8, 4) is 0 Å². The molecule has 2 nitrogen and oxygen atoms in total. The van der Waals surface area contributed by atoms with Gasteiger partial charge >= 0.3 is 0 Å². The summed E-state index contributed by atoms with van der Waals surface area (Å²) in [6.07, 6.45) is 5.10. The van der Waals surface area contributed by atoms with Gasteiger partial charge in [-0.05, 0) is 32.2 Å². The lowest BCUT2D eigenvalue weighted by atomic mass is 9.69. The molecule has 1 aromatic heterocycles. The molecular formula is C13H22N2S. The summed E-state index contributed by atoms with van der Waals surface area (Å²) >= 11 is 1.86. The van der Waals surface area contributed by atoms with E-state index in [9.17, 15) is 0 Å². The van der Waals surface area contributed by atoms with Crippen LogP contribution in [0.4, 0.5) is 0 Å². The van der Waals surface area contributed by atoms with Crippen LogP contribution in [0.25, 0.3) is 0 Å². The van der Waals surface area contributed by atoms with E-state index < -0.39 is 0 Å². The molecule has 2 rings (SSSR count). The van der Waals surface area contributed by atoms with Crippen LogP contribution < -0.4 is 5.32 Å². The van der Waals surface area contributed by atoms with Crippen LogP contribution >= 0.6 is 11.3 Å². The fourth-order valence-electron chi connectivity index (χ4n) is 2.47. The molecule has 1 N–H and O–H groups in total. The molecule has 0 atom stereocenters. The molecule has 90 valence electrons. The Hall–Kier alpha value is -0.410. The smallest absolute Gasteiger partial charge is 0.100 e. The molecule has 16 heavy (non-hydrogen) atoms. The highest BCUT2D eigenvalue weighted by Gasteiger charge is 2.40. The minimum Gasteiger partial charge on any atom is -0.319 e. The third-order valence-corrected chi connectivity index (χ3v) is 4.59. The van der Waals surface area contributed by atoms with Crippen molar-refractivity contribution >= 4 is 11.3 Å². The summed E-state index contributed by atoms with van der Waals surface area (Å²) in [6, 6.07) is 0. The fourth-order valence-corrected chi connectivity index (χ4v) is 3.56. The molecule has 0 aliphatic heterocycles. The number of aromatic nitrogens is 1. The Morgan fingerprint density at radius 2 is 2.25 bits per heavy atom. The van der Waals surface area contributed by atoms with Gasteiger partial charge in [0.05, 0.1) is 5.69 Å². The number of nitrogens with zero attached hydrogens (tertiary/aromatic N) is 1. The molecular weight excluding hydrogens is 216 g/mol. The van der Waals surface area contributed by atoms with Crippen molar-refractivity contribution in [1.29, 1.82) is 0 Å². The Morgan fingerprint density at radius 3 is 2.75 bits per heavy atom. The number of rotatable bonds is 5. The van der Waals surface area contributed by atoms with Gasteiger partial charge in [0.15, 0.2) is 0 Å². The van der Waals surface area contributed by atoms with Crippen LogP contribution in [0.3, 0.4) is 0 Å². The summed E-state index contributed by atoms with van der Waals surface area (Å²) in [5.74, 6) is 0.705. The van der Waals surface area contributed by atoms with Crippen molar-refractivity contribution in [2.24, 2.45) is 5.92 Å². The standard InChI is InChI=1S/C13H22N2S/c1-10(2)7-11-8-16-12(15-11)13(9-14-3)5-4-6-13/h8,10,14H,4-7,9H2,1-3H3. The van der Waals surface area contributed by atoms with E-state index in [2.05, 4.69) is 24.5 Å². The first-order valence-corrected chi connectivity index (χ1v) is 7.14. The minimum absolute atomic E-state index is 0.370. The van der Waals surface area contributed by atoms with Crippen molar-refractivity contribution in [2.45, 2.75) is 44.9 Å². The van der Waals surface area contributed by atoms with E-state index in [0.717, 1.165) is 13.0 Å². The first kappa shape index (κ1) is 12.1. The van der Waals surface area contributed by atoms with Crippen molar-refractivity contribution in [2.75, 3.05) is 13.6 Å². The molecule has 1 aliphatic rings. The van der Waals surface area contributed by atoms with Crippen LogP contribution in [-0.2, 0) is 11.8 Å². The van der Waals surface area contributed by atoms with Crippen LogP contribution in [0.15, 0.2) is 5.38 Å². The van der Waals surface area contributed by atoms with Crippen LogP contribution in [0.1, 0.15) is 43.8 Å². The van der Waals surface area contributed by atoms with Gasteiger partial charge in [-0.1, -0.05) is 20.3 Å². The first-order chi connectivity index (χ1) is 7.66. The normalized spacial score (nSPS) is 18.8. The lowest BCUT2D eigenvalue weighted by molar-refractivity contribution is 0.238. The molecule has 0 bridgehead atoms. The molecule has 0 amide bonds. The number of nitrogens with one attached hydrogen (secondary N) is 1. The van der Waals surface area contributed by atoms with Gasteiger partial charge in [0.2, 0.25) is 0 Å². The number of hydrogen-bond acceptors (Lipinski definition) is 3. The molecule has 1 saturated carbocycles. The highest BCUT2D eigenvalue weighted by molar-refractivity contribution is 7.09. The summed E-state index contributed by atoms with van der Waals surface area (Å²) in [7, 11) is 2.04. The summed E-state index contributed by atoms with van der Waals surface area (Å²) < 4.78 is 0. The number of likely N-dealkylation sites (N-methyl/N-ethyl adjacent to an activating group) is 1. The van der Waals surface area contributed by atoms with E-state index in [1.54, 1.807) is 0 Å². The number of hydrogen-bond donors (Lipinski definition) is 1. The zero-order valence-corrected chi connectivity index (χ0v) is 11.4. The largest absolute Gasteiger partial charge is 0.319 e. The predicted molar refractivity (Wildman–Crippen MR) is 70.1 cm³/mol. The van der Waals surface area contributed by atoms with Gasteiger partial charge in [0.25, 0.3) is 0 Å². The Balaban J connectivity index is 2.10. The van der Waals surface area contributed by atoms with Crippen LogP contribution in [0, 0.1) is 5.92 Å². The first-order valence-electron chi connectivity index (χ1n) is 6.26. The van der Waals surface area contributed by atoms with Gasteiger partial charge < -0.3 is 5.32 Å². The third-order valence-electron chi connectivity index (χ3n) is 3.45. The molecule has 0 spiro atoms. The maximum atomic E-state index is 4.84. The highest BCUT2D eigenvalue weighted by atomic mass is 32.1. The quantitative estimate of drug-likeness (QED) is 0.853. The lowest BCUT2D eigenvalue weighted by Crippen LogP contribution is -2.42. The Morgan fingerprint density at radius 1 is 1.50 bits per heavy atom. The Bertz CT molecular complexity index is 339. The maximum absolute atomic E-state index is 4.84. The fraction of sp³-hybridized carbons (Fsp3) is 0.769. The molecule has 1 aromatic rings. The number of thiazole rings is 1. The SMILES string of the molecule is CNCC1(c2nc(CC(C)C)cs2)CCC1. The monoisotopic (exact) mass is 238 g/mol. The summed E-state index contributed by atoms with van der Waals surface area (Å²) in [5, 5.41) is 6.95. The molecule has 1 heterocycles. The van der Waals surface area contributed by atoms with Crippen LogP contribution in [0.5, 0.6) is 0 Å².